The van der Waals surface area contributed by atoms with Crippen LogP contribution in [0.3, 0.4) is 0 Å². The van der Waals surface area contributed by atoms with Crippen molar-refractivity contribution in [2.45, 2.75) is 33.4 Å². The van der Waals surface area contributed by atoms with E-state index in [-0.39, 0.29) is 30.4 Å². The van der Waals surface area contributed by atoms with Gasteiger partial charge in [-0.25, -0.2) is 0 Å². The van der Waals surface area contributed by atoms with Crippen molar-refractivity contribution in [1.29, 1.82) is 0 Å². The lowest BCUT2D eigenvalue weighted by Crippen LogP contribution is -2.38. The van der Waals surface area contributed by atoms with Crippen LogP contribution in [0.5, 0.6) is 0 Å². The predicted molar refractivity (Wildman–Crippen MR) is 75.0 cm³/mol. The highest BCUT2D eigenvalue weighted by molar-refractivity contribution is 7.14. The molecule has 2 amide bonds. The molecule has 2 unspecified atom stereocenters. The molecule has 0 aliphatic carbocycles. The normalized spacial score (nSPS) is 13.7. The van der Waals surface area contributed by atoms with Gasteiger partial charge in [-0.1, -0.05) is 6.92 Å². The molecule has 0 fully saturated rings. The van der Waals surface area contributed by atoms with Crippen LogP contribution in [0.25, 0.3) is 0 Å². The maximum absolute atomic E-state index is 12.0. The summed E-state index contributed by atoms with van der Waals surface area (Å²) in [5.74, 6) is -0.223. The van der Waals surface area contributed by atoms with E-state index in [9.17, 15) is 9.59 Å². The van der Waals surface area contributed by atoms with E-state index in [4.69, 9.17) is 5.11 Å². The second-order valence-corrected chi connectivity index (χ2v) is 5.77. The number of nitrogens with one attached hydrogen (secondary N) is 2. The van der Waals surface area contributed by atoms with Gasteiger partial charge in [0.25, 0.3) is 5.91 Å². The quantitative estimate of drug-likeness (QED) is 0.733. The first kappa shape index (κ1) is 15.7. The van der Waals surface area contributed by atoms with Crippen molar-refractivity contribution in [3.05, 3.63) is 21.9 Å². The van der Waals surface area contributed by atoms with Gasteiger partial charge < -0.3 is 15.7 Å². The van der Waals surface area contributed by atoms with E-state index >= 15 is 0 Å². The monoisotopic (exact) mass is 284 g/mol. The lowest BCUT2D eigenvalue weighted by molar-refractivity contribution is -0.119. The summed E-state index contributed by atoms with van der Waals surface area (Å²) in [7, 11) is 0. The molecule has 19 heavy (non-hydrogen) atoms. The molecule has 0 saturated heterocycles. The molecule has 0 saturated carbocycles. The van der Waals surface area contributed by atoms with Gasteiger partial charge in [0.1, 0.15) is 0 Å². The van der Waals surface area contributed by atoms with Crippen molar-refractivity contribution in [2.24, 2.45) is 5.92 Å². The standard InChI is InChI=1S/C13H20N2O3S/c1-8(7-16)9(2)15-13(18)12-5-4-11(19-12)6-14-10(3)17/h4-5,8-9,16H,6-7H2,1-3H3,(H,14,17)(H,15,18). The third kappa shape index (κ3) is 5.00. The minimum absolute atomic E-state index is 0.0164. The summed E-state index contributed by atoms with van der Waals surface area (Å²) in [6.45, 7) is 5.68. The van der Waals surface area contributed by atoms with Crippen molar-refractivity contribution >= 4 is 23.2 Å². The summed E-state index contributed by atoms with van der Waals surface area (Å²) in [5.41, 5.74) is 0. The Kier molecular flexibility index (Phi) is 5.98. The predicted octanol–water partition coefficient (Wildman–Crippen LogP) is 1.13. The highest BCUT2D eigenvalue weighted by Crippen LogP contribution is 2.16. The Balaban J connectivity index is 2.56. The van der Waals surface area contributed by atoms with E-state index in [0.717, 1.165) is 4.88 Å². The van der Waals surface area contributed by atoms with E-state index in [1.807, 2.05) is 19.9 Å². The fourth-order valence-electron chi connectivity index (χ4n) is 1.38. The average molecular weight is 284 g/mol. The Morgan fingerprint density at radius 1 is 1.37 bits per heavy atom. The number of carbonyl (C=O) groups is 2. The van der Waals surface area contributed by atoms with Crippen LogP contribution in [0.4, 0.5) is 0 Å². The zero-order valence-electron chi connectivity index (χ0n) is 11.4. The van der Waals surface area contributed by atoms with Crippen LogP contribution in [0.2, 0.25) is 0 Å². The summed E-state index contributed by atoms with van der Waals surface area (Å²) >= 11 is 1.36. The SMILES string of the molecule is CC(=O)NCc1ccc(C(=O)NC(C)C(C)CO)s1. The molecular formula is C13H20N2O3S. The van der Waals surface area contributed by atoms with Crippen molar-refractivity contribution in [3.8, 4) is 0 Å². The molecule has 0 aromatic carbocycles. The van der Waals surface area contributed by atoms with Gasteiger partial charge in [0, 0.05) is 24.4 Å². The van der Waals surface area contributed by atoms with Gasteiger partial charge in [-0.2, -0.15) is 0 Å². The number of aliphatic hydroxyl groups excluding tert-OH is 1. The van der Waals surface area contributed by atoms with Gasteiger partial charge in [-0.15, -0.1) is 11.3 Å². The van der Waals surface area contributed by atoms with Crippen molar-refractivity contribution in [1.82, 2.24) is 10.6 Å². The number of hydrogen-bond donors (Lipinski definition) is 3. The highest BCUT2D eigenvalue weighted by Gasteiger charge is 2.16. The summed E-state index contributed by atoms with van der Waals surface area (Å²) in [6.07, 6.45) is 0. The lowest BCUT2D eigenvalue weighted by Gasteiger charge is -2.18. The first-order valence-corrected chi connectivity index (χ1v) is 7.00. The van der Waals surface area contributed by atoms with Crippen LogP contribution in [-0.4, -0.2) is 29.6 Å². The van der Waals surface area contributed by atoms with Gasteiger partial charge in [0.15, 0.2) is 0 Å². The number of thiophene rings is 1. The smallest absolute Gasteiger partial charge is 0.261 e. The Morgan fingerprint density at radius 3 is 2.63 bits per heavy atom. The molecule has 6 heteroatoms. The van der Waals surface area contributed by atoms with E-state index in [0.29, 0.717) is 11.4 Å². The van der Waals surface area contributed by atoms with E-state index < -0.39 is 0 Å². The summed E-state index contributed by atoms with van der Waals surface area (Å²) in [4.78, 5) is 24.3. The zero-order chi connectivity index (χ0) is 14.4. The van der Waals surface area contributed by atoms with Crippen molar-refractivity contribution in [2.75, 3.05) is 6.61 Å². The summed E-state index contributed by atoms with van der Waals surface area (Å²) in [5, 5.41) is 14.6. The molecule has 3 N–H and O–H groups in total. The second kappa shape index (κ2) is 7.25. The number of hydrogen-bond acceptors (Lipinski definition) is 4. The molecular weight excluding hydrogens is 264 g/mol. The molecule has 2 atom stereocenters. The minimum atomic E-state index is -0.146. The molecule has 0 aliphatic rings. The van der Waals surface area contributed by atoms with Crippen molar-refractivity contribution < 1.29 is 14.7 Å². The molecule has 1 aromatic rings. The van der Waals surface area contributed by atoms with Gasteiger partial charge in [0.05, 0.1) is 11.4 Å². The molecule has 1 aromatic heterocycles. The van der Waals surface area contributed by atoms with Crippen molar-refractivity contribution in [3.63, 3.8) is 0 Å². The van der Waals surface area contributed by atoms with Crippen LogP contribution < -0.4 is 10.6 Å². The molecule has 0 bridgehead atoms. The van der Waals surface area contributed by atoms with Gasteiger partial charge in [-0.3, -0.25) is 9.59 Å². The zero-order valence-corrected chi connectivity index (χ0v) is 12.2. The van der Waals surface area contributed by atoms with Gasteiger partial charge in [-0.05, 0) is 25.0 Å². The van der Waals surface area contributed by atoms with Crippen LogP contribution in [0.1, 0.15) is 35.3 Å². The maximum atomic E-state index is 12.0. The van der Waals surface area contributed by atoms with Crippen LogP contribution in [0.15, 0.2) is 12.1 Å². The lowest BCUT2D eigenvalue weighted by atomic mass is 10.1. The first-order chi connectivity index (χ1) is 8.93. The Labute approximate surface area is 117 Å². The van der Waals surface area contributed by atoms with E-state index in [1.165, 1.54) is 18.3 Å². The molecule has 0 spiro atoms. The third-order valence-electron chi connectivity index (χ3n) is 2.90. The van der Waals surface area contributed by atoms with Crippen LogP contribution in [0, 0.1) is 5.92 Å². The first-order valence-electron chi connectivity index (χ1n) is 6.19. The Hall–Kier alpha value is -1.40. The summed E-state index contributed by atoms with van der Waals surface area (Å²) in [6, 6.07) is 3.49. The second-order valence-electron chi connectivity index (χ2n) is 4.60. The summed E-state index contributed by atoms with van der Waals surface area (Å²) < 4.78 is 0. The molecule has 5 nitrogen and oxygen atoms in total. The van der Waals surface area contributed by atoms with Crippen LogP contribution >= 0.6 is 11.3 Å². The maximum Gasteiger partial charge on any atom is 0.261 e. The Bertz CT molecular complexity index is 445. The molecule has 1 heterocycles. The highest BCUT2D eigenvalue weighted by atomic mass is 32.1. The molecule has 106 valence electrons. The fourth-order valence-corrected chi connectivity index (χ4v) is 2.24. The number of amides is 2. The molecule has 0 aliphatic heterocycles. The van der Waals surface area contributed by atoms with Crippen LogP contribution in [-0.2, 0) is 11.3 Å². The van der Waals surface area contributed by atoms with Gasteiger partial charge in [0.2, 0.25) is 5.91 Å². The molecule has 1 rings (SSSR count). The topological polar surface area (TPSA) is 78.4 Å². The van der Waals surface area contributed by atoms with E-state index in [1.54, 1.807) is 6.07 Å². The number of aliphatic hydroxyl groups is 1. The third-order valence-corrected chi connectivity index (χ3v) is 3.98. The van der Waals surface area contributed by atoms with E-state index in [2.05, 4.69) is 10.6 Å². The largest absolute Gasteiger partial charge is 0.396 e. The van der Waals surface area contributed by atoms with Gasteiger partial charge >= 0.3 is 0 Å². The average Bonchev–Trinajstić information content (AvgIpc) is 2.84. The molecule has 0 radical (unpaired) electrons. The Morgan fingerprint density at radius 2 is 2.05 bits per heavy atom. The fraction of sp³-hybridized carbons (Fsp3) is 0.538. The minimum Gasteiger partial charge on any atom is -0.396 e. The number of carbonyl (C=O) groups excluding carboxylic acids is 2. The number of rotatable bonds is 6.